The van der Waals surface area contributed by atoms with Crippen LogP contribution in [0, 0.1) is 11.8 Å². The number of sulfone groups is 1. The largest absolute Gasteiger partial charge is 0.372 e. The van der Waals surface area contributed by atoms with Gasteiger partial charge >= 0.3 is 0 Å². The molecule has 5 rings (SSSR count). The summed E-state index contributed by atoms with van der Waals surface area (Å²) in [5.74, 6) is 0.690. The van der Waals surface area contributed by atoms with Gasteiger partial charge in [-0.2, -0.15) is 4.99 Å². The Hall–Kier alpha value is -2.32. The SMILES string of the molecule is CC[C@H](C)C(=O)N=C1S[C@H]2CS(=O)(=O)C[C@@H]2N1c1ccc(N2CCC(Cc3ccccc3)CC2)cc1. The van der Waals surface area contributed by atoms with E-state index in [4.69, 9.17) is 0 Å². The lowest BCUT2D eigenvalue weighted by Crippen LogP contribution is -2.38. The topological polar surface area (TPSA) is 70.0 Å². The summed E-state index contributed by atoms with van der Waals surface area (Å²) in [7, 11) is -3.08. The molecule has 192 valence electrons. The van der Waals surface area contributed by atoms with Gasteiger partial charge in [0.2, 0.25) is 0 Å². The highest BCUT2D eigenvalue weighted by Crippen LogP contribution is 2.41. The van der Waals surface area contributed by atoms with Crippen LogP contribution >= 0.6 is 11.8 Å². The maximum atomic E-state index is 12.6. The average Bonchev–Trinajstić information content (AvgIpc) is 3.35. The zero-order valence-electron chi connectivity index (χ0n) is 21.0. The van der Waals surface area contributed by atoms with Crippen LogP contribution < -0.4 is 9.80 Å². The molecule has 36 heavy (non-hydrogen) atoms. The monoisotopic (exact) mass is 525 g/mol. The van der Waals surface area contributed by atoms with Gasteiger partial charge in [-0.15, -0.1) is 0 Å². The molecule has 0 N–H and O–H groups in total. The second kappa shape index (κ2) is 10.6. The Morgan fingerprint density at radius 3 is 2.36 bits per heavy atom. The van der Waals surface area contributed by atoms with E-state index >= 15 is 0 Å². The second-order valence-corrected chi connectivity index (χ2v) is 13.7. The van der Waals surface area contributed by atoms with E-state index in [2.05, 4.69) is 64.5 Å². The van der Waals surface area contributed by atoms with Crippen LogP contribution in [-0.2, 0) is 21.1 Å². The number of benzene rings is 2. The Kier molecular flexibility index (Phi) is 7.45. The average molecular weight is 526 g/mol. The summed E-state index contributed by atoms with van der Waals surface area (Å²) in [6.07, 6.45) is 4.23. The van der Waals surface area contributed by atoms with Crippen molar-refractivity contribution in [1.82, 2.24) is 0 Å². The van der Waals surface area contributed by atoms with Crippen molar-refractivity contribution in [3.05, 3.63) is 60.2 Å². The van der Waals surface area contributed by atoms with Crippen molar-refractivity contribution >= 4 is 44.0 Å². The summed E-state index contributed by atoms with van der Waals surface area (Å²) < 4.78 is 24.7. The summed E-state index contributed by atoms with van der Waals surface area (Å²) in [5, 5.41) is 0.557. The van der Waals surface area contributed by atoms with Crippen molar-refractivity contribution in [1.29, 1.82) is 0 Å². The number of amides is 1. The van der Waals surface area contributed by atoms with E-state index in [-0.39, 0.29) is 34.6 Å². The lowest BCUT2D eigenvalue weighted by atomic mass is 9.90. The van der Waals surface area contributed by atoms with Gasteiger partial charge in [0.05, 0.1) is 17.5 Å². The second-order valence-electron chi connectivity index (χ2n) is 10.3. The van der Waals surface area contributed by atoms with Gasteiger partial charge in [0.1, 0.15) is 0 Å². The number of carbonyl (C=O) groups excluding carboxylic acids is 1. The number of hydrogen-bond acceptors (Lipinski definition) is 5. The molecular formula is C28H35N3O3S2. The molecule has 0 aromatic heterocycles. The molecule has 0 spiro atoms. The fourth-order valence-corrected chi connectivity index (χ4v) is 9.33. The van der Waals surface area contributed by atoms with E-state index in [1.54, 1.807) is 0 Å². The van der Waals surface area contributed by atoms with E-state index in [9.17, 15) is 13.2 Å². The van der Waals surface area contributed by atoms with Crippen LogP contribution in [-0.4, -0.2) is 55.4 Å². The molecule has 1 amide bonds. The number of thioether (sulfide) groups is 1. The molecule has 0 unspecified atom stereocenters. The molecule has 0 bridgehead atoms. The number of piperidine rings is 1. The highest BCUT2D eigenvalue weighted by molar-refractivity contribution is 8.16. The van der Waals surface area contributed by atoms with Crippen LogP contribution in [0.1, 0.15) is 38.7 Å². The number of amidine groups is 1. The molecule has 8 heteroatoms. The first-order valence-corrected chi connectivity index (χ1v) is 15.7. The van der Waals surface area contributed by atoms with Crippen LogP contribution in [0.25, 0.3) is 0 Å². The van der Waals surface area contributed by atoms with E-state index in [1.807, 2.05) is 18.7 Å². The van der Waals surface area contributed by atoms with Crippen molar-refractivity contribution in [2.45, 2.75) is 50.8 Å². The van der Waals surface area contributed by atoms with Crippen LogP contribution in [0.15, 0.2) is 59.6 Å². The maximum absolute atomic E-state index is 12.6. The Morgan fingerprint density at radius 1 is 1.03 bits per heavy atom. The molecule has 3 heterocycles. The highest BCUT2D eigenvalue weighted by atomic mass is 32.2. The van der Waals surface area contributed by atoms with Gasteiger partial charge in [-0.3, -0.25) is 4.79 Å². The molecule has 2 aromatic rings. The molecule has 3 fully saturated rings. The first-order valence-electron chi connectivity index (χ1n) is 13.0. The normalized spacial score (nSPS) is 25.8. The first kappa shape index (κ1) is 25.3. The van der Waals surface area contributed by atoms with Gasteiger partial charge in [-0.1, -0.05) is 55.9 Å². The van der Waals surface area contributed by atoms with E-state index < -0.39 is 9.84 Å². The number of hydrogen-bond donors (Lipinski definition) is 0. The van der Waals surface area contributed by atoms with Gasteiger partial charge in [-0.25, -0.2) is 8.42 Å². The number of carbonyl (C=O) groups is 1. The third-order valence-electron chi connectivity index (χ3n) is 7.78. The molecule has 3 aliphatic heterocycles. The summed E-state index contributed by atoms with van der Waals surface area (Å²) in [4.78, 5) is 21.5. The van der Waals surface area contributed by atoms with E-state index in [0.717, 1.165) is 31.6 Å². The van der Waals surface area contributed by atoms with Crippen molar-refractivity contribution in [3.8, 4) is 0 Å². The molecule has 6 nitrogen and oxygen atoms in total. The summed E-state index contributed by atoms with van der Waals surface area (Å²) in [5.41, 5.74) is 3.51. The molecule has 0 aliphatic carbocycles. The van der Waals surface area contributed by atoms with Gasteiger partial charge in [0.25, 0.3) is 5.91 Å². The van der Waals surface area contributed by atoms with Crippen molar-refractivity contribution in [2.24, 2.45) is 16.8 Å². The number of fused-ring (bicyclic) bond motifs is 1. The lowest BCUT2D eigenvalue weighted by Gasteiger charge is -2.34. The van der Waals surface area contributed by atoms with Crippen molar-refractivity contribution in [3.63, 3.8) is 0 Å². The quantitative estimate of drug-likeness (QED) is 0.540. The number of nitrogens with zero attached hydrogens (tertiary/aromatic N) is 3. The van der Waals surface area contributed by atoms with Crippen LogP contribution in [0.3, 0.4) is 0 Å². The predicted octanol–water partition coefficient (Wildman–Crippen LogP) is 4.79. The standard InChI is InChI=1S/C28H35N3O3S2/c1-3-20(2)27(32)29-28-31(25-18-36(33,34)19-26(25)35-28)24-11-9-23(10-12-24)30-15-13-22(14-16-30)17-21-7-5-4-6-8-21/h4-12,20,22,25-26H,3,13-19H2,1-2H3/t20-,25-,26-/m0/s1. The minimum absolute atomic E-state index is 0.0817. The summed E-state index contributed by atoms with van der Waals surface area (Å²) >= 11 is 1.44. The zero-order valence-corrected chi connectivity index (χ0v) is 22.7. The Bertz CT molecular complexity index is 1210. The van der Waals surface area contributed by atoms with Crippen LogP contribution in [0.2, 0.25) is 0 Å². The zero-order chi connectivity index (χ0) is 25.3. The smallest absolute Gasteiger partial charge is 0.250 e. The van der Waals surface area contributed by atoms with Gasteiger partial charge in [0.15, 0.2) is 15.0 Å². The Labute approximate surface area is 219 Å². The van der Waals surface area contributed by atoms with Crippen LogP contribution in [0.5, 0.6) is 0 Å². The van der Waals surface area contributed by atoms with E-state index in [0.29, 0.717) is 11.1 Å². The first-order chi connectivity index (χ1) is 17.3. The van der Waals surface area contributed by atoms with Gasteiger partial charge < -0.3 is 9.80 Å². The van der Waals surface area contributed by atoms with Crippen molar-refractivity contribution < 1.29 is 13.2 Å². The number of aliphatic imine (C=N–C) groups is 1. The Morgan fingerprint density at radius 2 is 1.69 bits per heavy atom. The molecular weight excluding hydrogens is 490 g/mol. The molecule has 0 radical (unpaired) electrons. The fourth-order valence-electron chi connectivity index (χ4n) is 5.41. The van der Waals surface area contributed by atoms with Gasteiger partial charge in [-0.05, 0) is 61.4 Å². The summed E-state index contributed by atoms with van der Waals surface area (Å²) in [6.45, 7) is 5.94. The maximum Gasteiger partial charge on any atom is 0.250 e. The summed E-state index contributed by atoms with van der Waals surface area (Å²) in [6, 6.07) is 18.9. The Balaban J connectivity index is 1.29. The molecule has 0 saturated carbocycles. The molecule has 3 saturated heterocycles. The molecule has 2 aromatic carbocycles. The fraction of sp³-hybridized carbons (Fsp3) is 0.500. The number of rotatable bonds is 6. The number of anilines is 2. The molecule has 3 atom stereocenters. The highest BCUT2D eigenvalue weighted by Gasteiger charge is 2.49. The van der Waals surface area contributed by atoms with Crippen LogP contribution in [0.4, 0.5) is 11.4 Å². The lowest BCUT2D eigenvalue weighted by molar-refractivity contribution is -0.121. The third kappa shape index (κ3) is 5.49. The van der Waals surface area contributed by atoms with Crippen molar-refractivity contribution in [2.75, 3.05) is 34.4 Å². The molecule has 3 aliphatic rings. The minimum atomic E-state index is -3.08. The predicted molar refractivity (Wildman–Crippen MR) is 150 cm³/mol. The third-order valence-corrected chi connectivity index (χ3v) is 11.0. The minimum Gasteiger partial charge on any atom is -0.372 e. The van der Waals surface area contributed by atoms with Gasteiger partial charge in [0, 0.05) is 35.6 Å². The van der Waals surface area contributed by atoms with E-state index in [1.165, 1.54) is 35.9 Å².